The van der Waals surface area contributed by atoms with Crippen LogP contribution >= 0.6 is 0 Å². The van der Waals surface area contributed by atoms with Crippen LogP contribution in [0.5, 0.6) is 5.75 Å². The lowest BCUT2D eigenvalue weighted by Crippen LogP contribution is -2.38. The van der Waals surface area contributed by atoms with Crippen LogP contribution in [0.15, 0.2) is 53.7 Å². The summed E-state index contributed by atoms with van der Waals surface area (Å²) in [5.74, 6) is 0.110. The number of Topliss-reactive ketones (excluding diaryl/α,β-unsaturated/α-hetero) is 1. The molecule has 0 saturated heterocycles. The Kier molecular flexibility index (Phi) is 6.08. The Hall–Kier alpha value is -3.48. The van der Waals surface area contributed by atoms with E-state index in [1.165, 1.54) is 6.07 Å². The molecule has 2 aromatic carbocycles. The van der Waals surface area contributed by atoms with Crippen LogP contribution in [0.25, 0.3) is 0 Å². The van der Waals surface area contributed by atoms with Crippen LogP contribution < -0.4 is 10.1 Å². The van der Waals surface area contributed by atoms with E-state index in [-0.39, 0.29) is 29.7 Å². The molecule has 2 unspecified atom stereocenters. The zero-order chi connectivity index (χ0) is 22.8. The number of carbonyl (C=O) groups excluding carboxylic acids is 2. The zero-order valence-corrected chi connectivity index (χ0v) is 18.2. The highest BCUT2D eigenvalue weighted by molar-refractivity contribution is 6.02. The predicted molar refractivity (Wildman–Crippen MR) is 120 cm³/mol. The van der Waals surface area contributed by atoms with E-state index in [1.807, 2.05) is 31.2 Å². The number of allylic oxidation sites excluding steroid dienone is 2. The van der Waals surface area contributed by atoms with E-state index < -0.39 is 10.8 Å². The number of amides is 1. The quantitative estimate of drug-likeness (QED) is 0.525. The van der Waals surface area contributed by atoms with Gasteiger partial charge in [0.15, 0.2) is 5.78 Å². The van der Waals surface area contributed by atoms with Crippen LogP contribution in [-0.4, -0.2) is 23.2 Å². The standard InChI is InChI=1S/C25H26N2O5/c1-3-10-32-19-8-6-16(7-9-19)18-11-21-25(23(28)13-18)20(14-24(29)26-21)17-5-4-15(2)22(12-17)27(30)31/h4-9,12,18,20H,3,10-11,13-14H2,1-2H3,(H,26,29). The molecule has 2 aliphatic rings. The zero-order valence-electron chi connectivity index (χ0n) is 18.2. The van der Waals surface area contributed by atoms with Crippen molar-refractivity contribution in [1.82, 2.24) is 5.32 Å². The van der Waals surface area contributed by atoms with Gasteiger partial charge in [-0.2, -0.15) is 0 Å². The normalized spacial score (nSPS) is 20.6. The Morgan fingerprint density at radius 3 is 2.47 bits per heavy atom. The molecule has 2 atom stereocenters. The number of nitrogens with one attached hydrogen (secondary N) is 1. The minimum absolute atomic E-state index is 0.00199. The lowest BCUT2D eigenvalue weighted by Gasteiger charge is -2.34. The van der Waals surface area contributed by atoms with Gasteiger partial charge in [0.2, 0.25) is 5.91 Å². The van der Waals surface area contributed by atoms with Gasteiger partial charge in [-0.25, -0.2) is 0 Å². The lowest BCUT2D eigenvalue weighted by atomic mass is 9.73. The summed E-state index contributed by atoms with van der Waals surface area (Å²) in [6.45, 7) is 4.38. The SMILES string of the molecule is CCCOc1ccc(C2CC(=O)C3=C(C2)NC(=O)CC3c2ccc(C)c([N+](=O)[O-])c2)cc1. The maximum absolute atomic E-state index is 13.2. The van der Waals surface area contributed by atoms with Crippen molar-refractivity contribution in [1.29, 1.82) is 0 Å². The Morgan fingerprint density at radius 1 is 1.06 bits per heavy atom. The largest absolute Gasteiger partial charge is 0.494 e. The average molecular weight is 434 g/mol. The van der Waals surface area contributed by atoms with E-state index in [9.17, 15) is 19.7 Å². The Bertz CT molecular complexity index is 1100. The van der Waals surface area contributed by atoms with Crippen LogP contribution in [0.1, 0.15) is 61.1 Å². The summed E-state index contributed by atoms with van der Waals surface area (Å²) in [6.07, 6.45) is 1.93. The second kappa shape index (κ2) is 8.94. The maximum Gasteiger partial charge on any atom is 0.272 e. The van der Waals surface area contributed by atoms with E-state index in [4.69, 9.17) is 4.74 Å². The molecule has 1 aliphatic carbocycles. The molecule has 0 bridgehead atoms. The van der Waals surface area contributed by atoms with E-state index in [0.29, 0.717) is 41.8 Å². The van der Waals surface area contributed by atoms with E-state index in [1.54, 1.807) is 19.1 Å². The van der Waals surface area contributed by atoms with Gasteiger partial charge in [-0.05, 0) is 48.9 Å². The molecule has 1 aliphatic heterocycles. The van der Waals surface area contributed by atoms with E-state index in [0.717, 1.165) is 17.7 Å². The number of hydrogen-bond donors (Lipinski definition) is 1. The third-order valence-electron chi connectivity index (χ3n) is 6.19. The number of nitro benzene ring substituents is 1. The molecule has 2 aromatic rings. The summed E-state index contributed by atoms with van der Waals surface area (Å²) in [7, 11) is 0. The fourth-order valence-electron chi connectivity index (χ4n) is 4.58. The lowest BCUT2D eigenvalue weighted by molar-refractivity contribution is -0.385. The van der Waals surface area contributed by atoms with Crippen LogP contribution in [0.3, 0.4) is 0 Å². The van der Waals surface area contributed by atoms with Gasteiger partial charge in [-0.3, -0.25) is 19.7 Å². The van der Waals surface area contributed by atoms with Gasteiger partial charge in [0.05, 0.1) is 11.5 Å². The van der Waals surface area contributed by atoms with Gasteiger partial charge >= 0.3 is 0 Å². The first-order valence-electron chi connectivity index (χ1n) is 10.9. The summed E-state index contributed by atoms with van der Waals surface area (Å²) in [5.41, 5.74) is 3.44. The smallest absolute Gasteiger partial charge is 0.272 e. The fourth-order valence-corrected chi connectivity index (χ4v) is 4.58. The monoisotopic (exact) mass is 434 g/mol. The molecule has 4 rings (SSSR count). The first-order valence-corrected chi connectivity index (χ1v) is 10.9. The Labute approximate surface area is 186 Å². The number of nitrogens with zero attached hydrogens (tertiary/aromatic N) is 1. The van der Waals surface area contributed by atoms with Crippen molar-refractivity contribution in [2.45, 2.75) is 51.4 Å². The molecule has 7 heteroatoms. The number of benzene rings is 2. The van der Waals surface area contributed by atoms with Crippen molar-refractivity contribution < 1.29 is 19.2 Å². The van der Waals surface area contributed by atoms with Crippen molar-refractivity contribution in [3.8, 4) is 5.75 Å². The fraction of sp³-hybridized carbons (Fsp3) is 0.360. The van der Waals surface area contributed by atoms with Crippen molar-refractivity contribution in [2.75, 3.05) is 6.61 Å². The number of nitro groups is 1. The summed E-state index contributed by atoms with van der Waals surface area (Å²) in [6, 6.07) is 12.7. The molecule has 1 heterocycles. The molecule has 166 valence electrons. The highest BCUT2D eigenvalue weighted by Gasteiger charge is 2.38. The number of carbonyl (C=O) groups is 2. The predicted octanol–water partition coefficient (Wildman–Crippen LogP) is 4.70. The maximum atomic E-state index is 13.2. The van der Waals surface area contributed by atoms with Gasteiger partial charge in [0.25, 0.3) is 5.69 Å². The summed E-state index contributed by atoms with van der Waals surface area (Å²) in [5, 5.41) is 14.3. The van der Waals surface area contributed by atoms with Gasteiger partial charge in [-0.15, -0.1) is 0 Å². The van der Waals surface area contributed by atoms with Gasteiger partial charge in [-0.1, -0.05) is 31.2 Å². The van der Waals surface area contributed by atoms with Crippen molar-refractivity contribution >= 4 is 17.4 Å². The van der Waals surface area contributed by atoms with Crippen molar-refractivity contribution in [2.24, 2.45) is 0 Å². The molecule has 0 radical (unpaired) electrons. The van der Waals surface area contributed by atoms with Gasteiger partial charge < -0.3 is 10.1 Å². The average Bonchev–Trinajstić information content (AvgIpc) is 2.77. The van der Waals surface area contributed by atoms with Crippen LogP contribution in [0, 0.1) is 17.0 Å². The molecule has 0 fully saturated rings. The number of ketones is 1. The minimum Gasteiger partial charge on any atom is -0.494 e. The molecule has 0 saturated carbocycles. The topological polar surface area (TPSA) is 98.5 Å². The molecule has 0 aromatic heterocycles. The van der Waals surface area contributed by atoms with E-state index in [2.05, 4.69) is 5.32 Å². The van der Waals surface area contributed by atoms with Gasteiger partial charge in [0, 0.05) is 41.7 Å². The molecular formula is C25H26N2O5. The summed E-state index contributed by atoms with van der Waals surface area (Å²) >= 11 is 0. The van der Waals surface area contributed by atoms with Crippen molar-refractivity contribution in [3.05, 3.63) is 80.5 Å². The van der Waals surface area contributed by atoms with Crippen LogP contribution in [-0.2, 0) is 9.59 Å². The third-order valence-corrected chi connectivity index (χ3v) is 6.19. The Balaban J connectivity index is 1.63. The highest BCUT2D eigenvalue weighted by atomic mass is 16.6. The van der Waals surface area contributed by atoms with Gasteiger partial charge in [0.1, 0.15) is 5.75 Å². The highest BCUT2D eigenvalue weighted by Crippen LogP contribution is 2.43. The molecule has 1 N–H and O–H groups in total. The second-order valence-electron chi connectivity index (χ2n) is 8.45. The van der Waals surface area contributed by atoms with Crippen molar-refractivity contribution in [3.63, 3.8) is 0 Å². The summed E-state index contributed by atoms with van der Waals surface area (Å²) in [4.78, 5) is 36.7. The third kappa shape index (κ3) is 4.28. The van der Waals surface area contributed by atoms with E-state index >= 15 is 0 Å². The molecular weight excluding hydrogens is 408 g/mol. The molecule has 7 nitrogen and oxygen atoms in total. The Morgan fingerprint density at radius 2 is 1.78 bits per heavy atom. The van der Waals surface area contributed by atoms with Crippen LogP contribution in [0.2, 0.25) is 0 Å². The molecule has 1 amide bonds. The number of hydrogen-bond acceptors (Lipinski definition) is 5. The number of aryl methyl sites for hydroxylation is 1. The minimum atomic E-state index is -0.462. The number of rotatable bonds is 6. The number of ether oxygens (including phenoxy) is 1. The molecule has 0 spiro atoms. The second-order valence-corrected chi connectivity index (χ2v) is 8.45. The summed E-state index contributed by atoms with van der Waals surface area (Å²) < 4.78 is 5.64. The first kappa shape index (κ1) is 21.7. The van der Waals surface area contributed by atoms with Crippen LogP contribution in [0.4, 0.5) is 5.69 Å². The molecule has 32 heavy (non-hydrogen) atoms. The first-order chi connectivity index (χ1) is 15.4.